The minimum absolute atomic E-state index is 0.897. The van der Waals surface area contributed by atoms with Crippen molar-refractivity contribution in [2.24, 2.45) is 0 Å². The highest BCUT2D eigenvalue weighted by molar-refractivity contribution is 6.50. The Labute approximate surface area is 300 Å². The van der Waals surface area contributed by atoms with E-state index < -0.39 is 7.25 Å². The Morgan fingerprint density at radius 3 is 2.04 bits per heavy atom. The van der Waals surface area contributed by atoms with Crippen molar-refractivity contribution >= 4 is 62.8 Å². The molecule has 2 heterocycles. The highest BCUT2D eigenvalue weighted by Gasteiger charge is 2.31. The van der Waals surface area contributed by atoms with Gasteiger partial charge in [-0.15, -0.1) is 0 Å². The second-order valence-corrected chi connectivity index (χ2v) is 12.7. The van der Waals surface area contributed by atoms with Crippen molar-refractivity contribution in [2.75, 3.05) is 20.8 Å². The first-order valence-corrected chi connectivity index (χ1v) is 17.5. The van der Waals surface area contributed by atoms with E-state index in [2.05, 4.69) is 138 Å². The van der Waals surface area contributed by atoms with Crippen LogP contribution in [0.5, 0.6) is 11.5 Å². The zero-order chi connectivity index (χ0) is 36.6. The molecule has 4 nitrogen and oxygen atoms in total. The lowest BCUT2D eigenvalue weighted by molar-refractivity contribution is -0.430. The molecule has 0 amide bonds. The number of benzene rings is 5. The molecular formula is C43H39BF4N2O2. The molecule has 0 saturated carbocycles. The monoisotopic (exact) mass is 702 g/mol. The van der Waals surface area contributed by atoms with E-state index in [1.807, 2.05) is 0 Å². The molecule has 6 aromatic rings. The van der Waals surface area contributed by atoms with E-state index >= 15 is 0 Å². The number of methoxy groups -OCH3 is 2. The van der Waals surface area contributed by atoms with E-state index in [1.165, 1.54) is 66.3 Å². The van der Waals surface area contributed by atoms with Crippen LogP contribution in [-0.2, 0) is 6.54 Å². The van der Waals surface area contributed by atoms with Gasteiger partial charge in [-0.05, 0) is 79.3 Å². The van der Waals surface area contributed by atoms with Crippen molar-refractivity contribution in [3.63, 3.8) is 0 Å². The quantitative estimate of drug-likeness (QED) is 0.0897. The topological polar surface area (TPSA) is 26.4 Å². The van der Waals surface area contributed by atoms with E-state index in [4.69, 9.17) is 9.47 Å². The first-order valence-electron chi connectivity index (χ1n) is 17.5. The summed E-state index contributed by atoms with van der Waals surface area (Å²) in [5.74, 6) is 1.84. The first kappa shape index (κ1) is 34.9. The average Bonchev–Trinajstić information content (AvgIpc) is 3.80. The van der Waals surface area contributed by atoms with Gasteiger partial charge in [-0.1, -0.05) is 72.8 Å². The largest absolute Gasteiger partial charge is 0.673 e. The number of rotatable bonds is 8. The van der Waals surface area contributed by atoms with Crippen LogP contribution in [0.3, 0.4) is 0 Å². The fourth-order valence-electron chi connectivity index (χ4n) is 7.94. The summed E-state index contributed by atoms with van der Waals surface area (Å²) in [6, 6.07) is 32.6. The van der Waals surface area contributed by atoms with Gasteiger partial charge in [0.05, 0.1) is 25.2 Å². The Morgan fingerprint density at radius 1 is 0.712 bits per heavy atom. The van der Waals surface area contributed by atoms with Crippen LogP contribution in [0.1, 0.15) is 37.8 Å². The second kappa shape index (κ2) is 14.2. The third-order valence-electron chi connectivity index (χ3n) is 10.00. The maximum Gasteiger partial charge on any atom is 0.673 e. The van der Waals surface area contributed by atoms with E-state index in [9.17, 15) is 17.3 Å². The van der Waals surface area contributed by atoms with Crippen LogP contribution in [0.25, 0.3) is 44.1 Å². The normalized spacial score (nSPS) is 15.6. The Balaban J connectivity index is 0.000000789. The van der Waals surface area contributed by atoms with Crippen LogP contribution in [0.15, 0.2) is 120 Å². The third kappa shape index (κ3) is 6.29. The van der Waals surface area contributed by atoms with E-state index in [0.717, 1.165) is 48.2 Å². The van der Waals surface area contributed by atoms with E-state index in [0.29, 0.717) is 0 Å². The van der Waals surface area contributed by atoms with Crippen LogP contribution in [0, 0.1) is 0 Å². The molecule has 1 aromatic heterocycles. The minimum Gasteiger partial charge on any atom is -0.496 e. The molecule has 5 aromatic carbocycles. The number of halogens is 4. The van der Waals surface area contributed by atoms with Crippen molar-refractivity contribution in [1.29, 1.82) is 0 Å². The number of hydrogen-bond acceptors (Lipinski definition) is 2. The van der Waals surface area contributed by atoms with Gasteiger partial charge >= 0.3 is 7.25 Å². The SMILES string of the molecule is CCn1/c(=C\C=C2\CCC(/C=C/C3=[N+](CC)c4ccc(OC)c5cccc3c45)=C2c2ccccc2)c2cccc3c(OC)ccc1c32.F[B-](F)(F)F. The molecule has 0 N–H and O–H groups in total. The van der Waals surface area contributed by atoms with Crippen molar-refractivity contribution in [1.82, 2.24) is 4.57 Å². The summed E-state index contributed by atoms with van der Waals surface area (Å²) < 4.78 is 55.3. The lowest BCUT2D eigenvalue weighted by atomic mass is 9.97. The number of aryl methyl sites for hydroxylation is 1. The Kier molecular flexibility index (Phi) is 9.53. The van der Waals surface area contributed by atoms with Crippen molar-refractivity contribution in [2.45, 2.75) is 33.2 Å². The molecule has 52 heavy (non-hydrogen) atoms. The Bertz CT molecular complexity index is 2500. The molecule has 9 heteroatoms. The van der Waals surface area contributed by atoms with Gasteiger partial charge in [0.2, 0.25) is 11.4 Å². The third-order valence-corrected chi connectivity index (χ3v) is 10.00. The molecule has 0 saturated heterocycles. The zero-order valence-corrected chi connectivity index (χ0v) is 29.6. The van der Waals surface area contributed by atoms with Gasteiger partial charge in [0, 0.05) is 51.1 Å². The number of hydrogen-bond donors (Lipinski definition) is 0. The molecule has 1 aliphatic carbocycles. The summed E-state index contributed by atoms with van der Waals surface area (Å²) in [5, 5.41) is 7.38. The maximum absolute atomic E-state index is 9.75. The summed E-state index contributed by atoms with van der Waals surface area (Å²) in [4.78, 5) is 0. The summed E-state index contributed by atoms with van der Waals surface area (Å²) in [7, 11) is -2.49. The second-order valence-electron chi connectivity index (χ2n) is 12.7. The zero-order valence-electron chi connectivity index (χ0n) is 29.6. The maximum atomic E-state index is 9.75. The molecular weight excluding hydrogens is 663 g/mol. The van der Waals surface area contributed by atoms with Crippen LogP contribution in [-0.4, -0.2) is 42.9 Å². The first-order chi connectivity index (χ1) is 25.2. The van der Waals surface area contributed by atoms with Crippen LogP contribution in [0.4, 0.5) is 23.0 Å². The van der Waals surface area contributed by atoms with E-state index in [-0.39, 0.29) is 0 Å². The molecule has 0 atom stereocenters. The fraction of sp³-hybridized carbons (Fsp3) is 0.186. The summed E-state index contributed by atoms with van der Waals surface area (Å²) >= 11 is 0. The fourth-order valence-corrected chi connectivity index (χ4v) is 7.94. The highest BCUT2D eigenvalue weighted by Crippen LogP contribution is 2.42. The van der Waals surface area contributed by atoms with Gasteiger partial charge in [0.1, 0.15) is 18.0 Å². The molecule has 0 spiro atoms. The van der Waals surface area contributed by atoms with Crippen LogP contribution >= 0.6 is 0 Å². The van der Waals surface area contributed by atoms with Crippen molar-refractivity contribution in [3.05, 3.63) is 137 Å². The molecule has 0 radical (unpaired) electrons. The summed E-state index contributed by atoms with van der Waals surface area (Å²) in [5.41, 5.74) is 10.4. The average molecular weight is 703 g/mol. The highest BCUT2D eigenvalue weighted by atomic mass is 19.5. The molecule has 0 bridgehead atoms. The van der Waals surface area contributed by atoms with Gasteiger partial charge < -0.3 is 31.3 Å². The summed E-state index contributed by atoms with van der Waals surface area (Å²) in [6.07, 6.45) is 11.4. The predicted octanol–water partition coefficient (Wildman–Crippen LogP) is 10.7. The molecule has 0 fully saturated rings. The number of allylic oxidation sites excluding steroid dienone is 6. The van der Waals surface area contributed by atoms with Crippen molar-refractivity contribution in [3.8, 4) is 11.5 Å². The lowest BCUT2D eigenvalue weighted by Gasteiger charge is -2.08. The van der Waals surface area contributed by atoms with Gasteiger partial charge in [0.15, 0.2) is 0 Å². The predicted molar refractivity (Wildman–Crippen MR) is 206 cm³/mol. The van der Waals surface area contributed by atoms with Crippen LogP contribution in [0.2, 0.25) is 0 Å². The lowest BCUT2D eigenvalue weighted by Crippen LogP contribution is -2.14. The molecule has 0 unspecified atom stereocenters. The molecule has 264 valence electrons. The molecule has 1 aliphatic heterocycles. The van der Waals surface area contributed by atoms with Gasteiger partial charge in [0.25, 0.3) is 0 Å². The molecule has 2 aliphatic rings. The van der Waals surface area contributed by atoms with Gasteiger partial charge in [-0.25, -0.2) is 0 Å². The number of ether oxygens (including phenoxy) is 2. The van der Waals surface area contributed by atoms with Gasteiger partial charge in [-0.2, -0.15) is 4.58 Å². The van der Waals surface area contributed by atoms with Crippen LogP contribution < -0.4 is 14.8 Å². The minimum atomic E-state index is -6.00. The summed E-state index contributed by atoms with van der Waals surface area (Å²) in [6.45, 7) is 6.25. The molecule has 8 rings (SSSR count). The van der Waals surface area contributed by atoms with E-state index in [1.54, 1.807) is 14.2 Å². The van der Waals surface area contributed by atoms with Crippen molar-refractivity contribution < 1.29 is 31.3 Å². The van der Waals surface area contributed by atoms with Gasteiger partial charge in [-0.3, -0.25) is 0 Å². The Morgan fingerprint density at radius 2 is 1.37 bits per heavy atom. The smallest absolute Gasteiger partial charge is 0.496 e. The Hall–Kier alpha value is -5.57. The number of nitrogens with zero attached hydrogens (tertiary/aromatic N) is 2. The number of aromatic nitrogens is 1. The standard InChI is InChI=1S/C43H39N2O2.BF4/c1-5-44-35(31-14-10-16-33-39(46-3)26-24-37(44)42(31)33)22-20-29-18-19-30(41(29)28-12-8-7-9-13-28)21-23-36-32-15-11-17-34-40(47-4)27-25-38(43(32)34)45(36)6-2;2-1(3,4)5/h7-17,20-27H,5-6,18-19H2,1-4H3;/q+1;-1.